The molecule has 0 radical (unpaired) electrons. The van der Waals surface area contributed by atoms with Crippen LogP contribution in [0.1, 0.15) is 36.0 Å². The summed E-state index contributed by atoms with van der Waals surface area (Å²) in [4.78, 5) is 36.6. The number of aromatic nitrogens is 2. The minimum absolute atomic E-state index is 0.00396. The van der Waals surface area contributed by atoms with E-state index >= 15 is 0 Å². The smallest absolute Gasteiger partial charge is 0.259 e. The van der Waals surface area contributed by atoms with Gasteiger partial charge in [-0.05, 0) is 31.7 Å². The van der Waals surface area contributed by atoms with Crippen molar-refractivity contribution in [2.45, 2.75) is 44.4 Å². The molecule has 0 bridgehead atoms. The van der Waals surface area contributed by atoms with E-state index in [0.29, 0.717) is 12.2 Å². The van der Waals surface area contributed by atoms with E-state index in [9.17, 15) is 9.59 Å². The molecule has 3 heterocycles. The predicted octanol–water partition coefficient (Wildman–Crippen LogP) is 1.92. The highest BCUT2D eigenvalue weighted by Crippen LogP contribution is 2.34. The van der Waals surface area contributed by atoms with Gasteiger partial charge in [-0.2, -0.15) is 11.8 Å². The number of amides is 1. The van der Waals surface area contributed by atoms with Gasteiger partial charge in [0.05, 0.1) is 11.1 Å². The van der Waals surface area contributed by atoms with Crippen LogP contribution in [0.25, 0.3) is 10.2 Å². The largest absolute Gasteiger partial charge is 0.337 e. The molecule has 1 amide bonds. The first-order chi connectivity index (χ1) is 12.6. The van der Waals surface area contributed by atoms with Crippen LogP contribution < -0.4 is 10.9 Å². The minimum atomic E-state index is -0.00396. The van der Waals surface area contributed by atoms with Gasteiger partial charge in [0.2, 0.25) is 5.91 Å². The van der Waals surface area contributed by atoms with E-state index in [0.717, 1.165) is 60.7 Å². The summed E-state index contributed by atoms with van der Waals surface area (Å²) >= 11 is 3.33. The van der Waals surface area contributed by atoms with Crippen LogP contribution in [0.15, 0.2) is 4.79 Å². The highest BCUT2D eigenvalue weighted by atomic mass is 32.2. The Morgan fingerprint density at radius 2 is 2.31 bits per heavy atom. The molecule has 0 spiro atoms. The van der Waals surface area contributed by atoms with Crippen molar-refractivity contribution in [1.29, 1.82) is 0 Å². The highest BCUT2D eigenvalue weighted by molar-refractivity contribution is 7.98. The molecule has 1 saturated heterocycles. The second-order valence-corrected chi connectivity index (χ2v) is 9.18. The van der Waals surface area contributed by atoms with E-state index in [4.69, 9.17) is 0 Å². The molecule has 0 aromatic carbocycles. The number of hydrogen-bond acceptors (Lipinski definition) is 6. The number of piperazine rings is 1. The first-order valence-corrected chi connectivity index (χ1v) is 11.2. The number of nitrogens with one attached hydrogen (secondary N) is 2. The summed E-state index contributed by atoms with van der Waals surface area (Å²) < 4.78 is 0. The van der Waals surface area contributed by atoms with Crippen molar-refractivity contribution in [3.63, 3.8) is 0 Å². The molecule has 0 saturated carbocycles. The van der Waals surface area contributed by atoms with E-state index in [1.807, 2.05) is 4.90 Å². The number of aromatic amines is 1. The quantitative estimate of drug-likeness (QED) is 0.760. The standard InChI is InChI=1S/C18H24N4O2S2/c1-11-9-19-6-7-22(11)15(23)5-8-25-10-14-20-17(24)16-12-3-2-4-13(12)26-18(16)21-14/h11,19H,2-10H2,1H3,(H,20,21,24)/t11-/m1/s1. The Labute approximate surface area is 160 Å². The van der Waals surface area contributed by atoms with E-state index < -0.39 is 0 Å². The number of hydrogen-bond donors (Lipinski definition) is 2. The summed E-state index contributed by atoms with van der Waals surface area (Å²) in [7, 11) is 0. The molecule has 1 atom stereocenters. The van der Waals surface area contributed by atoms with Gasteiger partial charge >= 0.3 is 0 Å². The number of H-pyrrole nitrogens is 1. The van der Waals surface area contributed by atoms with Gasteiger partial charge in [-0.25, -0.2) is 4.98 Å². The molecular formula is C18H24N4O2S2. The number of fused-ring (bicyclic) bond motifs is 3. The fraction of sp³-hybridized carbons (Fsp3) is 0.611. The van der Waals surface area contributed by atoms with Gasteiger partial charge in [0.25, 0.3) is 5.56 Å². The molecule has 1 aliphatic carbocycles. The van der Waals surface area contributed by atoms with Gasteiger partial charge in [0.15, 0.2) is 0 Å². The predicted molar refractivity (Wildman–Crippen MR) is 107 cm³/mol. The fourth-order valence-corrected chi connectivity index (χ4v) is 5.87. The zero-order valence-electron chi connectivity index (χ0n) is 15.0. The van der Waals surface area contributed by atoms with Gasteiger partial charge in [-0.15, -0.1) is 11.3 Å². The second kappa shape index (κ2) is 7.70. The molecule has 2 aromatic heterocycles. The monoisotopic (exact) mass is 392 g/mol. The van der Waals surface area contributed by atoms with Crippen LogP contribution in [0, 0.1) is 0 Å². The maximum atomic E-state index is 12.4. The summed E-state index contributed by atoms with van der Waals surface area (Å²) in [6, 6.07) is 0.266. The summed E-state index contributed by atoms with van der Waals surface area (Å²) in [5.41, 5.74) is 1.21. The van der Waals surface area contributed by atoms with Crippen molar-refractivity contribution >= 4 is 39.2 Å². The third-order valence-corrected chi connectivity index (χ3v) is 7.30. The van der Waals surface area contributed by atoms with Gasteiger partial charge in [-0.1, -0.05) is 0 Å². The van der Waals surface area contributed by atoms with Crippen LogP contribution in [0.4, 0.5) is 0 Å². The van der Waals surface area contributed by atoms with Gasteiger partial charge < -0.3 is 15.2 Å². The fourth-order valence-electron chi connectivity index (χ4n) is 3.80. The zero-order chi connectivity index (χ0) is 18.1. The number of aryl methyl sites for hydroxylation is 2. The molecule has 8 heteroatoms. The molecule has 0 unspecified atom stereocenters. The van der Waals surface area contributed by atoms with E-state index in [2.05, 4.69) is 22.2 Å². The molecule has 6 nitrogen and oxygen atoms in total. The summed E-state index contributed by atoms with van der Waals surface area (Å²) in [6.45, 7) is 4.62. The van der Waals surface area contributed by atoms with Gasteiger partial charge in [-0.3, -0.25) is 9.59 Å². The SMILES string of the molecule is C[C@@H]1CNCCN1C(=O)CCSCc1nc2sc3c(c2c(=O)[nH]1)CCC3. The van der Waals surface area contributed by atoms with Crippen molar-refractivity contribution in [2.24, 2.45) is 0 Å². The van der Waals surface area contributed by atoms with Crippen molar-refractivity contribution in [1.82, 2.24) is 20.2 Å². The van der Waals surface area contributed by atoms with Crippen molar-refractivity contribution in [3.05, 3.63) is 26.6 Å². The minimum Gasteiger partial charge on any atom is -0.337 e. The highest BCUT2D eigenvalue weighted by Gasteiger charge is 2.23. The number of thioether (sulfide) groups is 1. The van der Waals surface area contributed by atoms with Gasteiger partial charge in [0.1, 0.15) is 10.7 Å². The summed E-state index contributed by atoms with van der Waals surface area (Å²) in [6.07, 6.45) is 3.76. The maximum Gasteiger partial charge on any atom is 0.259 e. The average molecular weight is 393 g/mol. The number of nitrogens with zero attached hydrogens (tertiary/aromatic N) is 2. The topological polar surface area (TPSA) is 78.1 Å². The third kappa shape index (κ3) is 3.54. The molecule has 4 rings (SSSR count). The summed E-state index contributed by atoms with van der Waals surface area (Å²) in [5.74, 6) is 2.32. The number of rotatable bonds is 5. The van der Waals surface area contributed by atoms with Crippen molar-refractivity contribution in [3.8, 4) is 0 Å². The van der Waals surface area contributed by atoms with Crippen LogP contribution in [-0.4, -0.2) is 52.2 Å². The molecule has 26 heavy (non-hydrogen) atoms. The van der Waals surface area contributed by atoms with Gasteiger partial charge in [0, 0.05) is 42.7 Å². The van der Waals surface area contributed by atoms with Crippen LogP contribution in [0.3, 0.4) is 0 Å². The molecule has 2 aromatic rings. The Morgan fingerprint density at radius 1 is 1.42 bits per heavy atom. The Hall–Kier alpha value is -1.38. The second-order valence-electron chi connectivity index (χ2n) is 6.99. The van der Waals surface area contributed by atoms with Crippen LogP contribution in [0.2, 0.25) is 0 Å². The first kappa shape index (κ1) is 18.0. The molecule has 1 aliphatic heterocycles. The lowest BCUT2D eigenvalue weighted by atomic mass is 10.2. The van der Waals surface area contributed by atoms with Crippen LogP contribution >= 0.6 is 23.1 Å². The molecule has 140 valence electrons. The van der Waals surface area contributed by atoms with E-state index in [1.165, 1.54) is 10.4 Å². The lowest BCUT2D eigenvalue weighted by Gasteiger charge is -2.34. The number of carbonyl (C=O) groups is 1. The Balaban J connectivity index is 1.34. The lowest BCUT2D eigenvalue weighted by Crippen LogP contribution is -2.52. The van der Waals surface area contributed by atoms with Crippen molar-refractivity contribution < 1.29 is 4.79 Å². The third-order valence-electron chi connectivity index (χ3n) is 5.14. The number of thiophene rings is 1. The Morgan fingerprint density at radius 3 is 3.15 bits per heavy atom. The Kier molecular flexibility index (Phi) is 5.33. The first-order valence-electron chi connectivity index (χ1n) is 9.25. The zero-order valence-corrected chi connectivity index (χ0v) is 16.6. The summed E-state index contributed by atoms with van der Waals surface area (Å²) in [5, 5.41) is 4.11. The van der Waals surface area contributed by atoms with Crippen molar-refractivity contribution in [2.75, 3.05) is 25.4 Å². The Bertz CT molecular complexity index is 876. The molecular weight excluding hydrogens is 368 g/mol. The van der Waals surface area contributed by atoms with E-state index in [-0.39, 0.29) is 17.5 Å². The van der Waals surface area contributed by atoms with Crippen LogP contribution in [0.5, 0.6) is 0 Å². The van der Waals surface area contributed by atoms with E-state index in [1.54, 1.807) is 23.1 Å². The molecule has 2 N–H and O–H groups in total. The van der Waals surface area contributed by atoms with Crippen LogP contribution in [-0.2, 0) is 23.4 Å². The normalized spacial score (nSPS) is 19.9. The molecule has 2 aliphatic rings. The number of carbonyl (C=O) groups excluding carboxylic acids is 1. The lowest BCUT2D eigenvalue weighted by molar-refractivity contribution is -0.133. The average Bonchev–Trinajstić information content (AvgIpc) is 3.19. The maximum absolute atomic E-state index is 12.4. The molecule has 1 fully saturated rings.